The lowest BCUT2D eigenvalue weighted by molar-refractivity contribution is 0.0160. The summed E-state index contributed by atoms with van der Waals surface area (Å²) in [6, 6.07) is 20.8. The molecule has 4 aromatic carbocycles. The van der Waals surface area contributed by atoms with Crippen molar-refractivity contribution in [2.45, 2.75) is 34.7 Å². The van der Waals surface area contributed by atoms with Gasteiger partial charge in [0.1, 0.15) is 0 Å². The van der Waals surface area contributed by atoms with Gasteiger partial charge < -0.3 is 48.9 Å². The maximum atomic E-state index is 12.9. The Hall–Kier alpha value is -3.19. The maximum absolute atomic E-state index is 12.9. The zero-order valence-corrected chi connectivity index (χ0v) is 45.1. The van der Waals surface area contributed by atoms with Crippen LogP contribution in [0, 0.1) is 0 Å². The number of carbonyl (C=O) groups is 1. The Bertz CT molecular complexity index is 2410. The third kappa shape index (κ3) is 18.0. The third-order valence-electron chi connectivity index (χ3n) is 11.8. The monoisotopic (exact) mass is 1120 g/mol. The Morgan fingerprint density at radius 3 is 1.17 bits per heavy atom. The summed E-state index contributed by atoms with van der Waals surface area (Å²) in [6.07, 6.45) is 0. The number of halogens is 4. The first-order chi connectivity index (χ1) is 34.6. The molecule has 0 radical (unpaired) electrons. The fraction of sp³-hybridized carbons (Fsp3) is 0.490. The summed E-state index contributed by atoms with van der Waals surface area (Å²) in [7, 11) is -3.41. The first-order valence-electron chi connectivity index (χ1n) is 23.6. The van der Waals surface area contributed by atoms with Crippen LogP contribution in [-0.2, 0) is 61.6 Å². The van der Waals surface area contributed by atoms with Crippen molar-refractivity contribution in [2.75, 3.05) is 133 Å². The van der Waals surface area contributed by atoms with Gasteiger partial charge in [0.05, 0.1) is 89.1 Å². The molecule has 72 heavy (non-hydrogen) atoms. The van der Waals surface area contributed by atoms with Gasteiger partial charge in [-0.1, -0.05) is 70.7 Å². The number of nitrogens with one attached hydrogen (secondary N) is 4. The Labute approximate surface area is 443 Å². The molecule has 6 rings (SSSR count). The number of rotatable bonds is 30. The van der Waals surface area contributed by atoms with Gasteiger partial charge in [0.2, 0.25) is 20.0 Å². The molecule has 4 N–H and O–H groups in total. The molecule has 0 aromatic heterocycles. The number of benzene rings is 4. The van der Waals surface area contributed by atoms with E-state index in [9.17, 15) is 21.6 Å². The maximum Gasteiger partial charge on any atom is 0.314 e. The minimum Gasteiger partial charge on any atom is -0.378 e. The highest BCUT2D eigenvalue weighted by Gasteiger charge is 2.29. The number of ether oxygens (including phenoxy) is 6. The number of likely N-dealkylation sites (N-methyl/N-ethyl adjacent to an activating group) is 2. The van der Waals surface area contributed by atoms with Crippen molar-refractivity contribution in [1.29, 1.82) is 0 Å². The number of carbonyl (C=O) groups excluding carboxylic acids is 1. The van der Waals surface area contributed by atoms with Crippen LogP contribution in [-0.4, -0.2) is 165 Å². The van der Waals surface area contributed by atoms with Crippen molar-refractivity contribution in [1.82, 2.24) is 29.9 Å². The average Bonchev–Trinajstić information content (AvgIpc) is 3.34. The second kappa shape index (κ2) is 29.2. The summed E-state index contributed by atoms with van der Waals surface area (Å²) < 4.78 is 89.7. The highest BCUT2D eigenvalue weighted by atomic mass is 35.5. The Morgan fingerprint density at radius 1 is 0.500 bits per heavy atom. The van der Waals surface area contributed by atoms with E-state index < -0.39 is 20.0 Å². The van der Waals surface area contributed by atoms with E-state index in [1.54, 1.807) is 36.4 Å². The van der Waals surface area contributed by atoms with Gasteiger partial charge in [0, 0.05) is 84.3 Å². The normalized spacial score (nSPS) is 16.4. The van der Waals surface area contributed by atoms with Gasteiger partial charge in [-0.3, -0.25) is 0 Å². The summed E-state index contributed by atoms with van der Waals surface area (Å²) in [5, 5.41) is 7.80. The molecule has 2 amide bonds. The smallest absolute Gasteiger partial charge is 0.314 e. The molecule has 396 valence electrons. The quantitative estimate of drug-likeness (QED) is 0.0438. The minimum atomic E-state index is -3.73. The van der Waals surface area contributed by atoms with Crippen LogP contribution in [0.3, 0.4) is 0 Å². The molecule has 0 unspecified atom stereocenters. The number of nitrogens with zero attached hydrogens (tertiary/aromatic N) is 2. The number of sulfonamides is 2. The SMILES string of the molecule is CN1Cc2c(Cl)cc(Cl)cc2[C@H](c2ccc(S(=O)(=O)NCCOCCOCCOCCNC(=O)NCCOCCOCCOCCNS(=O)(=O)c3ccc([C@@H]4CN(C)Cc5c(Cl)cc(Cl)cc54)cc3)cc2)C1. The molecule has 0 fully saturated rings. The molecule has 4 aromatic rings. The first kappa shape index (κ1) is 58.1. The van der Waals surface area contributed by atoms with Gasteiger partial charge in [-0.05, 0) is 96.0 Å². The van der Waals surface area contributed by atoms with Crippen molar-refractivity contribution in [3.8, 4) is 0 Å². The number of fused-ring (bicyclic) bond motifs is 2. The highest BCUT2D eigenvalue weighted by molar-refractivity contribution is 7.89. The Kier molecular flexibility index (Phi) is 23.6. The van der Waals surface area contributed by atoms with E-state index in [1.807, 2.05) is 50.5 Å². The lowest BCUT2D eigenvalue weighted by Gasteiger charge is -2.33. The van der Waals surface area contributed by atoms with E-state index in [0.717, 1.165) is 59.6 Å². The summed E-state index contributed by atoms with van der Waals surface area (Å²) in [5.74, 6) is 0.0148. The van der Waals surface area contributed by atoms with Crippen molar-refractivity contribution in [2.24, 2.45) is 0 Å². The van der Waals surface area contributed by atoms with Crippen LogP contribution < -0.4 is 20.1 Å². The molecule has 17 nitrogen and oxygen atoms in total. The molecule has 2 heterocycles. The topological polar surface area (TPSA) is 195 Å². The lowest BCUT2D eigenvalue weighted by Crippen LogP contribution is -2.39. The van der Waals surface area contributed by atoms with Crippen molar-refractivity contribution in [3.63, 3.8) is 0 Å². The van der Waals surface area contributed by atoms with Gasteiger partial charge in [0.25, 0.3) is 0 Å². The van der Waals surface area contributed by atoms with Crippen molar-refractivity contribution >= 4 is 72.5 Å². The summed E-state index contributed by atoms with van der Waals surface area (Å²) in [5.41, 5.74) is 6.12. The molecule has 0 saturated carbocycles. The fourth-order valence-corrected chi connectivity index (χ4v) is 11.5. The molecule has 2 atom stereocenters. The third-order valence-corrected chi connectivity index (χ3v) is 15.9. The number of urea groups is 1. The predicted octanol–water partition coefficient (Wildman–Crippen LogP) is 6.11. The van der Waals surface area contributed by atoms with Crippen LogP contribution in [0.15, 0.2) is 82.6 Å². The second-order valence-corrected chi connectivity index (χ2v) is 22.4. The molecule has 2 aliphatic rings. The van der Waals surface area contributed by atoms with Crippen LogP contribution in [0.4, 0.5) is 4.79 Å². The van der Waals surface area contributed by atoms with Gasteiger partial charge in [0.15, 0.2) is 0 Å². The second-order valence-electron chi connectivity index (χ2n) is 17.2. The Morgan fingerprint density at radius 2 is 0.819 bits per heavy atom. The van der Waals surface area contributed by atoms with Crippen molar-refractivity contribution < 1.29 is 50.1 Å². The van der Waals surface area contributed by atoms with Gasteiger partial charge in [-0.15, -0.1) is 0 Å². The van der Waals surface area contributed by atoms with Gasteiger partial charge >= 0.3 is 6.03 Å². The van der Waals surface area contributed by atoms with Crippen LogP contribution in [0.2, 0.25) is 20.1 Å². The van der Waals surface area contributed by atoms with Gasteiger partial charge in [-0.2, -0.15) is 0 Å². The van der Waals surface area contributed by atoms with Crippen LogP contribution in [0.1, 0.15) is 45.2 Å². The fourth-order valence-electron chi connectivity index (χ4n) is 8.30. The zero-order valence-electron chi connectivity index (χ0n) is 40.4. The molecule has 2 aliphatic heterocycles. The Balaban J connectivity index is 0.689. The molecule has 23 heteroatoms. The predicted molar refractivity (Wildman–Crippen MR) is 279 cm³/mol. The summed E-state index contributed by atoms with van der Waals surface area (Å²) in [4.78, 5) is 16.7. The molecular weight excluding hydrogens is 1050 g/mol. The molecule has 0 saturated heterocycles. The highest BCUT2D eigenvalue weighted by Crippen LogP contribution is 2.40. The largest absolute Gasteiger partial charge is 0.378 e. The lowest BCUT2D eigenvalue weighted by atomic mass is 9.85. The zero-order chi connectivity index (χ0) is 51.5. The number of hydrogen-bond donors (Lipinski definition) is 4. The number of amides is 2. The standard InChI is InChI=1S/C49H64Cl4N6O11S2/c1-58-31-43(41-27-37(50)29-47(52)45(41)33-58)35-3-7-39(8-4-35)71(61,62)56-13-17-67-21-25-69-23-19-65-15-11-54-49(60)55-12-16-66-20-24-70-26-22-68-18-14-57-72(63,64)40-9-5-36(6-10-40)44-32-59(2)34-46-42(44)28-38(51)30-48(46)53/h3-10,27-30,43-44,56-57H,11-26,31-34H2,1-2H3,(H2,54,55,60)/t43-,44-/m0/s1. The van der Waals surface area contributed by atoms with E-state index in [2.05, 4.69) is 29.9 Å². The van der Waals surface area contributed by atoms with E-state index in [0.29, 0.717) is 86.0 Å². The van der Waals surface area contributed by atoms with E-state index in [4.69, 9.17) is 74.8 Å². The van der Waals surface area contributed by atoms with Crippen LogP contribution in [0.25, 0.3) is 0 Å². The van der Waals surface area contributed by atoms with Crippen LogP contribution in [0.5, 0.6) is 0 Å². The molecule has 0 aliphatic carbocycles. The summed E-state index contributed by atoms with van der Waals surface area (Å²) >= 11 is 25.6. The molecule has 0 bridgehead atoms. The molecular formula is C49H64Cl4N6O11S2. The van der Waals surface area contributed by atoms with E-state index in [1.165, 1.54) is 0 Å². The van der Waals surface area contributed by atoms with Gasteiger partial charge in [-0.25, -0.2) is 31.1 Å². The first-order valence-corrected chi connectivity index (χ1v) is 28.1. The van der Waals surface area contributed by atoms with Crippen molar-refractivity contribution in [3.05, 3.63) is 126 Å². The van der Waals surface area contributed by atoms with Crippen LogP contribution >= 0.6 is 46.4 Å². The molecule has 0 spiro atoms. The number of hydrogen-bond acceptors (Lipinski definition) is 13. The summed E-state index contributed by atoms with van der Waals surface area (Å²) in [6.45, 7) is 7.26. The minimum absolute atomic E-state index is 0.00740. The van der Waals surface area contributed by atoms with E-state index >= 15 is 0 Å². The van der Waals surface area contributed by atoms with E-state index in [-0.39, 0.29) is 67.2 Å². The average molecular weight is 1120 g/mol.